The number of aromatic nitrogens is 2. The molecule has 1 aliphatic rings. The maximum atomic E-state index is 13.2. The molecule has 0 spiro atoms. The highest BCUT2D eigenvalue weighted by Crippen LogP contribution is 2.35. The van der Waals surface area contributed by atoms with Crippen LogP contribution in [0.3, 0.4) is 0 Å². The Labute approximate surface area is 126 Å². The molecule has 2 heterocycles. The summed E-state index contributed by atoms with van der Waals surface area (Å²) in [5, 5.41) is 8.17. The number of hydrogen-bond acceptors (Lipinski definition) is 4. The molecule has 1 aliphatic heterocycles. The van der Waals surface area contributed by atoms with Crippen LogP contribution in [0.5, 0.6) is 5.75 Å². The molecule has 22 heavy (non-hydrogen) atoms. The Hall–Kier alpha value is -2.69. The standard InChI is InChI=1S/C17H13FN2O2/c18-13-7-9-14-12(10-13)6-8-15(21-14)17-20-19-16(22-17)11-4-2-1-3-5-11/h1-5,7,9-10,15H,6,8H2. The second-order valence-electron chi connectivity index (χ2n) is 5.21. The summed E-state index contributed by atoms with van der Waals surface area (Å²) >= 11 is 0. The van der Waals surface area contributed by atoms with Gasteiger partial charge in [0.1, 0.15) is 11.6 Å². The second-order valence-corrected chi connectivity index (χ2v) is 5.21. The third kappa shape index (κ3) is 2.35. The van der Waals surface area contributed by atoms with Gasteiger partial charge in [0, 0.05) is 5.56 Å². The summed E-state index contributed by atoms with van der Waals surface area (Å²) < 4.78 is 24.8. The van der Waals surface area contributed by atoms with E-state index in [9.17, 15) is 4.39 Å². The van der Waals surface area contributed by atoms with Crippen LogP contribution in [-0.2, 0) is 6.42 Å². The number of ether oxygens (including phenoxy) is 1. The zero-order valence-corrected chi connectivity index (χ0v) is 11.7. The van der Waals surface area contributed by atoms with Gasteiger partial charge in [0.05, 0.1) is 0 Å². The van der Waals surface area contributed by atoms with Crippen molar-refractivity contribution in [3.63, 3.8) is 0 Å². The topological polar surface area (TPSA) is 48.2 Å². The number of benzene rings is 2. The van der Waals surface area contributed by atoms with Crippen molar-refractivity contribution in [2.24, 2.45) is 0 Å². The van der Waals surface area contributed by atoms with E-state index in [1.54, 1.807) is 6.07 Å². The Morgan fingerprint density at radius 1 is 1.05 bits per heavy atom. The molecule has 0 radical (unpaired) electrons. The largest absolute Gasteiger partial charge is 0.480 e. The number of aryl methyl sites for hydroxylation is 1. The van der Waals surface area contributed by atoms with Crippen LogP contribution in [0, 0.1) is 5.82 Å². The molecule has 0 fully saturated rings. The average Bonchev–Trinajstić information content (AvgIpc) is 3.05. The van der Waals surface area contributed by atoms with E-state index in [1.807, 2.05) is 30.3 Å². The minimum absolute atomic E-state index is 0.245. The van der Waals surface area contributed by atoms with Crippen molar-refractivity contribution < 1.29 is 13.5 Å². The molecular formula is C17H13FN2O2. The summed E-state index contributed by atoms with van der Waals surface area (Å²) in [5.74, 6) is 1.36. The maximum absolute atomic E-state index is 13.2. The first-order chi connectivity index (χ1) is 10.8. The molecule has 1 aromatic heterocycles. The smallest absolute Gasteiger partial charge is 0.257 e. The lowest BCUT2D eigenvalue weighted by atomic mass is 10.0. The van der Waals surface area contributed by atoms with Gasteiger partial charge >= 0.3 is 0 Å². The Bertz CT molecular complexity index is 801. The van der Waals surface area contributed by atoms with E-state index >= 15 is 0 Å². The van der Waals surface area contributed by atoms with Gasteiger partial charge in [-0.1, -0.05) is 18.2 Å². The highest BCUT2D eigenvalue weighted by molar-refractivity contribution is 5.51. The third-order valence-corrected chi connectivity index (χ3v) is 3.70. The lowest BCUT2D eigenvalue weighted by molar-refractivity contribution is 0.144. The molecule has 3 aromatic rings. The average molecular weight is 296 g/mol. The summed E-state index contributed by atoms with van der Waals surface area (Å²) in [7, 11) is 0. The predicted molar refractivity (Wildman–Crippen MR) is 77.8 cm³/mol. The Morgan fingerprint density at radius 2 is 1.91 bits per heavy atom. The van der Waals surface area contributed by atoms with E-state index in [1.165, 1.54) is 12.1 Å². The zero-order chi connectivity index (χ0) is 14.9. The highest BCUT2D eigenvalue weighted by atomic mass is 19.1. The third-order valence-electron chi connectivity index (χ3n) is 3.70. The molecule has 0 amide bonds. The summed E-state index contributed by atoms with van der Waals surface area (Å²) in [5.41, 5.74) is 1.75. The van der Waals surface area contributed by atoms with Crippen LogP contribution in [0.4, 0.5) is 4.39 Å². The van der Waals surface area contributed by atoms with E-state index in [-0.39, 0.29) is 11.9 Å². The molecule has 4 rings (SSSR count). The van der Waals surface area contributed by atoms with Crippen molar-refractivity contribution >= 4 is 0 Å². The van der Waals surface area contributed by atoms with Gasteiger partial charge < -0.3 is 9.15 Å². The van der Waals surface area contributed by atoms with E-state index in [0.717, 1.165) is 17.5 Å². The fourth-order valence-corrected chi connectivity index (χ4v) is 2.59. The van der Waals surface area contributed by atoms with Gasteiger partial charge in [0.25, 0.3) is 5.89 Å². The minimum atomic E-state index is -0.289. The molecule has 0 saturated carbocycles. The minimum Gasteiger partial charge on any atom is -0.480 e. The number of nitrogens with zero attached hydrogens (tertiary/aromatic N) is 2. The van der Waals surface area contributed by atoms with E-state index in [4.69, 9.17) is 9.15 Å². The lowest BCUT2D eigenvalue weighted by Gasteiger charge is -2.23. The van der Waals surface area contributed by atoms with Gasteiger partial charge in [-0.2, -0.15) is 0 Å². The number of fused-ring (bicyclic) bond motifs is 1. The summed E-state index contributed by atoms with van der Waals surface area (Å²) in [6.07, 6.45) is 1.12. The fourth-order valence-electron chi connectivity index (χ4n) is 2.59. The molecular weight excluding hydrogens is 283 g/mol. The first-order valence-corrected chi connectivity index (χ1v) is 7.13. The SMILES string of the molecule is Fc1ccc2c(c1)CCC(c1nnc(-c3ccccc3)o1)O2. The van der Waals surface area contributed by atoms with Crippen molar-refractivity contribution in [2.45, 2.75) is 18.9 Å². The van der Waals surface area contributed by atoms with Gasteiger partial charge in [-0.25, -0.2) is 4.39 Å². The van der Waals surface area contributed by atoms with Crippen molar-refractivity contribution in [3.8, 4) is 17.2 Å². The molecule has 1 atom stereocenters. The van der Waals surface area contributed by atoms with Gasteiger partial charge in [-0.15, -0.1) is 10.2 Å². The Kier molecular flexibility index (Phi) is 3.11. The normalized spacial score (nSPS) is 16.9. The molecule has 4 nitrogen and oxygen atoms in total. The highest BCUT2D eigenvalue weighted by Gasteiger charge is 2.26. The first-order valence-electron chi connectivity index (χ1n) is 7.13. The van der Waals surface area contributed by atoms with Crippen LogP contribution in [0.15, 0.2) is 52.9 Å². The van der Waals surface area contributed by atoms with Crippen LogP contribution in [0.1, 0.15) is 24.0 Å². The van der Waals surface area contributed by atoms with Gasteiger partial charge in [-0.05, 0) is 48.7 Å². The summed E-state index contributed by atoms with van der Waals surface area (Å²) in [6, 6.07) is 14.1. The fraction of sp³-hybridized carbons (Fsp3) is 0.176. The molecule has 2 aromatic carbocycles. The van der Waals surface area contributed by atoms with Gasteiger partial charge in [0.2, 0.25) is 5.89 Å². The van der Waals surface area contributed by atoms with Crippen LogP contribution < -0.4 is 4.74 Å². The monoisotopic (exact) mass is 296 g/mol. The number of halogens is 1. The molecule has 0 saturated heterocycles. The molecule has 1 unspecified atom stereocenters. The number of rotatable bonds is 2. The van der Waals surface area contributed by atoms with E-state index in [2.05, 4.69) is 10.2 Å². The van der Waals surface area contributed by atoms with Crippen LogP contribution in [0.2, 0.25) is 0 Å². The van der Waals surface area contributed by atoms with Gasteiger partial charge in [0.15, 0.2) is 6.10 Å². The van der Waals surface area contributed by atoms with Crippen molar-refractivity contribution in [2.75, 3.05) is 0 Å². The number of hydrogen-bond donors (Lipinski definition) is 0. The van der Waals surface area contributed by atoms with Crippen molar-refractivity contribution in [3.05, 3.63) is 65.8 Å². The van der Waals surface area contributed by atoms with E-state index < -0.39 is 0 Å². The predicted octanol–water partition coefficient (Wildman–Crippen LogP) is 3.94. The summed E-state index contributed by atoms with van der Waals surface area (Å²) in [4.78, 5) is 0. The quantitative estimate of drug-likeness (QED) is 0.718. The second kappa shape index (κ2) is 5.26. The van der Waals surface area contributed by atoms with Crippen LogP contribution >= 0.6 is 0 Å². The molecule has 0 bridgehead atoms. The molecule has 0 aliphatic carbocycles. The molecule has 110 valence electrons. The van der Waals surface area contributed by atoms with Crippen molar-refractivity contribution in [1.29, 1.82) is 0 Å². The zero-order valence-electron chi connectivity index (χ0n) is 11.7. The van der Waals surface area contributed by atoms with Crippen LogP contribution in [0.25, 0.3) is 11.5 Å². The Morgan fingerprint density at radius 3 is 2.77 bits per heavy atom. The van der Waals surface area contributed by atoms with Crippen LogP contribution in [-0.4, -0.2) is 10.2 Å². The Balaban J connectivity index is 1.59. The summed E-state index contributed by atoms with van der Waals surface area (Å²) in [6.45, 7) is 0. The van der Waals surface area contributed by atoms with E-state index in [0.29, 0.717) is 24.0 Å². The van der Waals surface area contributed by atoms with Gasteiger partial charge in [-0.3, -0.25) is 0 Å². The first kappa shape index (κ1) is 13.0. The molecule has 0 N–H and O–H groups in total. The molecule has 5 heteroatoms. The van der Waals surface area contributed by atoms with Crippen molar-refractivity contribution in [1.82, 2.24) is 10.2 Å². The maximum Gasteiger partial charge on any atom is 0.257 e. The lowest BCUT2D eigenvalue weighted by Crippen LogP contribution is -2.15.